The van der Waals surface area contributed by atoms with Gasteiger partial charge in [-0.25, -0.2) is 8.78 Å². The lowest BCUT2D eigenvalue weighted by Crippen LogP contribution is -2.19. The van der Waals surface area contributed by atoms with Crippen molar-refractivity contribution in [2.24, 2.45) is 5.73 Å². The maximum Gasteiger partial charge on any atom is 0.522 e. The Bertz CT molecular complexity index is 425. The van der Waals surface area contributed by atoms with Crippen LogP contribution < -0.4 is 10.5 Å². The molecule has 0 bridgehead atoms. The summed E-state index contributed by atoms with van der Waals surface area (Å²) in [5, 5.41) is 0. The Labute approximate surface area is 112 Å². The van der Waals surface area contributed by atoms with Gasteiger partial charge in [0.2, 0.25) is 0 Å². The molecule has 1 aromatic carbocycles. The minimum atomic E-state index is -4.80. The van der Waals surface area contributed by atoms with Gasteiger partial charge >= 0.3 is 6.36 Å². The quantitative estimate of drug-likeness (QED) is 0.649. The van der Waals surface area contributed by atoms with Crippen molar-refractivity contribution >= 4 is 0 Å². The highest BCUT2D eigenvalue weighted by Gasteiger charge is 2.28. The first-order valence-corrected chi connectivity index (χ1v) is 5.76. The molecule has 1 atom stereocenters. The zero-order chi connectivity index (χ0) is 15.3. The maximum atomic E-state index is 13.6. The van der Waals surface area contributed by atoms with Crippen molar-refractivity contribution < 1.29 is 31.4 Å². The zero-order valence-electron chi connectivity index (χ0n) is 10.6. The maximum absolute atomic E-state index is 13.6. The summed E-state index contributed by atoms with van der Waals surface area (Å²) in [5.41, 5.74) is 5.84. The Morgan fingerprint density at radius 1 is 1.15 bits per heavy atom. The van der Waals surface area contributed by atoms with Crippen LogP contribution in [0.15, 0.2) is 12.1 Å². The van der Waals surface area contributed by atoms with Crippen LogP contribution in [0.5, 0.6) is 5.75 Å². The van der Waals surface area contributed by atoms with Crippen molar-refractivity contribution in [1.82, 2.24) is 0 Å². The second kappa shape index (κ2) is 6.85. The van der Waals surface area contributed by atoms with Crippen molar-refractivity contribution in [2.75, 3.05) is 13.2 Å². The molecule has 2 N–H and O–H groups in total. The molecule has 0 fully saturated rings. The van der Waals surface area contributed by atoms with E-state index < -0.39 is 37.0 Å². The average molecular weight is 299 g/mol. The molecule has 0 saturated heterocycles. The largest absolute Gasteiger partial charge is 0.522 e. The number of alkyl halides is 3. The highest BCUT2D eigenvalue weighted by Crippen LogP contribution is 2.24. The van der Waals surface area contributed by atoms with Crippen LogP contribution in [0.3, 0.4) is 0 Å². The molecule has 8 heteroatoms. The number of ether oxygens (including phenoxy) is 2. The van der Waals surface area contributed by atoms with Gasteiger partial charge in [0, 0.05) is 6.04 Å². The third-order valence-corrected chi connectivity index (χ3v) is 2.21. The second-order valence-electron chi connectivity index (χ2n) is 4.21. The van der Waals surface area contributed by atoms with Gasteiger partial charge in [0.05, 0.1) is 6.61 Å². The van der Waals surface area contributed by atoms with E-state index in [2.05, 4.69) is 9.47 Å². The molecule has 0 aliphatic rings. The van der Waals surface area contributed by atoms with Crippen molar-refractivity contribution in [3.05, 3.63) is 29.3 Å². The van der Waals surface area contributed by atoms with Crippen LogP contribution in [0.2, 0.25) is 0 Å². The van der Waals surface area contributed by atoms with Crippen LogP contribution >= 0.6 is 0 Å². The summed E-state index contributed by atoms with van der Waals surface area (Å²) in [6.07, 6.45) is -4.53. The van der Waals surface area contributed by atoms with Gasteiger partial charge in [-0.15, -0.1) is 13.2 Å². The molecule has 1 aromatic rings. The Morgan fingerprint density at radius 2 is 1.70 bits per heavy atom. The van der Waals surface area contributed by atoms with E-state index >= 15 is 0 Å². The van der Waals surface area contributed by atoms with Gasteiger partial charge in [-0.3, -0.25) is 4.74 Å². The summed E-state index contributed by atoms with van der Waals surface area (Å²) >= 11 is 0. The number of hydrogen-bond donors (Lipinski definition) is 1. The molecular formula is C12H14F5NO2. The Kier molecular flexibility index (Phi) is 5.70. The number of rotatable bonds is 6. The van der Waals surface area contributed by atoms with Crippen molar-refractivity contribution in [2.45, 2.75) is 25.7 Å². The van der Waals surface area contributed by atoms with Crippen LogP contribution in [-0.2, 0) is 11.2 Å². The molecule has 1 unspecified atom stereocenters. The van der Waals surface area contributed by atoms with Gasteiger partial charge in [0.15, 0.2) is 17.4 Å². The van der Waals surface area contributed by atoms with Crippen LogP contribution in [0.1, 0.15) is 12.5 Å². The first-order chi connectivity index (χ1) is 9.19. The van der Waals surface area contributed by atoms with Crippen LogP contribution in [0.25, 0.3) is 0 Å². The molecule has 0 heterocycles. The van der Waals surface area contributed by atoms with Gasteiger partial charge in [0.1, 0.15) is 6.61 Å². The minimum absolute atomic E-state index is 0.269. The highest BCUT2D eigenvalue weighted by molar-refractivity contribution is 5.31. The second-order valence-corrected chi connectivity index (χ2v) is 4.21. The summed E-state index contributed by atoms with van der Waals surface area (Å²) < 4.78 is 70.2. The first-order valence-electron chi connectivity index (χ1n) is 5.76. The highest BCUT2D eigenvalue weighted by atomic mass is 19.4. The van der Waals surface area contributed by atoms with E-state index in [0.29, 0.717) is 5.56 Å². The molecule has 1 rings (SSSR count). The smallest absolute Gasteiger partial charge is 0.485 e. The molecule has 0 aliphatic carbocycles. The molecule has 0 saturated carbocycles. The van der Waals surface area contributed by atoms with E-state index in [9.17, 15) is 22.0 Å². The fraction of sp³-hybridized carbons (Fsp3) is 0.500. The zero-order valence-corrected chi connectivity index (χ0v) is 10.6. The van der Waals surface area contributed by atoms with E-state index in [-0.39, 0.29) is 12.5 Å². The number of halogens is 5. The van der Waals surface area contributed by atoms with E-state index in [1.54, 1.807) is 6.92 Å². The topological polar surface area (TPSA) is 44.5 Å². The third kappa shape index (κ3) is 5.70. The molecule has 0 aromatic heterocycles. The number of nitrogens with two attached hydrogens (primary N) is 1. The number of benzene rings is 1. The number of hydrogen-bond acceptors (Lipinski definition) is 3. The molecule has 114 valence electrons. The van der Waals surface area contributed by atoms with E-state index in [1.807, 2.05) is 0 Å². The Morgan fingerprint density at radius 3 is 2.15 bits per heavy atom. The Hall–Kier alpha value is -1.41. The molecule has 0 amide bonds. The summed E-state index contributed by atoms with van der Waals surface area (Å²) in [6, 6.07) is 1.79. The standard InChI is InChI=1S/C12H14F5NO2/c1-7(18)4-8-5-9(13)11(10(14)6-8)19-2-3-20-12(15,16)17/h5-7H,2-4,18H2,1H3. The van der Waals surface area contributed by atoms with Crippen LogP contribution in [0, 0.1) is 11.6 Å². The molecule has 0 aliphatic heterocycles. The van der Waals surface area contributed by atoms with E-state index in [0.717, 1.165) is 12.1 Å². The third-order valence-electron chi connectivity index (χ3n) is 2.21. The summed E-state index contributed by atoms with van der Waals surface area (Å²) in [6.45, 7) is 0.193. The molecule has 3 nitrogen and oxygen atoms in total. The monoisotopic (exact) mass is 299 g/mol. The van der Waals surface area contributed by atoms with Gasteiger partial charge in [0.25, 0.3) is 0 Å². The Balaban J connectivity index is 2.62. The normalized spacial score (nSPS) is 13.3. The lowest BCUT2D eigenvalue weighted by molar-refractivity contribution is -0.325. The fourth-order valence-electron chi connectivity index (χ4n) is 1.54. The van der Waals surface area contributed by atoms with Crippen LogP contribution in [-0.4, -0.2) is 25.6 Å². The predicted molar refractivity (Wildman–Crippen MR) is 61.2 cm³/mol. The van der Waals surface area contributed by atoms with Crippen molar-refractivity contribution in [3.63, 3.8) is 0 Å². The van der Waals surface area contributed by atoms with Gasteiger partial charge in [-0.1, -0.05) is 0 Å². The average Bonchev–Trinajstić information content (AvgIpc) is 2.24. The summed E-state index contributed by atoms with van der Waals surface area (Å²) in [4.78, 5) is 0. The summed E-state index contributed by atoms with van der Waals surface area (Å²) in [5.74, 6) is -2.72. The lowest BCUT2D eigenvalue weighted by Gasteiger charge is -2.12. The predicted octanol–water partition coefficient (Wildman–Crippen LogP) is 2.77. The first kappa shape index (κ1) is 16.6. The van der Waals surface area contributed by atoms with Crippen molar-refractivity contribution in [1.29, 1.82) is 0 Å². The van der Waals surface area contributed by atoms with E-state index in [4.69, 9.17) is 5.73 Å². The molecule has 0 radical (unpaired) electrons. The summed E-state index contributed by atoms with van der Waals surface area (Å²) in [7, 11) is 0. The van der Waals surface area contributed by atoms with Crippen LogP contribution in [0.4, 0.5) is 22.0 Å². The SMILES string of the molecule is CC(N)Cc1cc(F)c(OCCOC(F)(F)F)c(F)c1. The lowest BCUT2D eigenvalue weighted by atomic mass is 10.1. The van der Waals surface area contributed by atoms with Gasteiger partial charge in [-0.05, 0) is 31.0 Å². The fourth-order valence-corrected chi connectivity index (χ4v) is 1.54. The van der Waals surface area contributed by atoms with Gasteiger partial charge in [-0.2, -0.15) is 0 Å². The van der Waals surface area contributed by atoms with Gasteiger partial charge < -0.3 is 10.5 Å². The minimum Gasteiger partial charge on any atom is -0.485 e. The molecule has 0 spiro atoms. The van der Waals surface area contributed by atoms with Crippen molar-refractivity contribution in [3.8, 4) is 5.75 Å². The van der Waals surface area contributed by atoms with E-state index in [1.165, 1.54) is 0 Å². The molecular weight excluding hydrogens is 285 g/mol. The molecule has 20 heavy (non-hydrogen) atoms.